The third-order valence-corrected chi connectivity index (χ3v) is 3.53. The van der Waals surface area contributed by atoms with Gasteiger partial charge in [-0.1, -0.05) is 18.2 Å². The molecule has 1 atom stereocenters. The Bertz CT molecular complexity index is 611. The third-order valence-electron chi connectivity index (χ3n) is 3.53. The number of methoxy groups -OCH3 is 2. The molecule has 0 saturated heterocycles. The van der Waals surface area contributed by atoms with Crippen molar-refractivity contribution in [3.8, 4) is 11.5 Å². The van der Waals surface area contributed by atoms with Gasteiger partial charge in [0, 0.05) is 24.3 Å². The van der Waals surface area contributed by atoms with E-state index in [1.54, 1.807) is 14.2 Å². The molecule has 0 radical (unpaired) electrons. The summed E-state index contributed by atoms with van der Waals surface area (Å²) in [5, 5.41) is 0. The van der Waals surface area contributed by atoms with Crippen molar-refractivity contribution in [2.75, 3.05) is 26.2 Å². The van der Waals surface area contributed by atoms with Gasteiger partial charge in [0.2, 0.25) is 0 Å². The second kappa shape index (κ2) is 6.50. The highest BCUT2D eigenvalue weighted by molar-refractivity contribution is 5.73. The molecule has 4 heteroatoms. The van der Waals surface area contributed by atoms with Crippen LogP contribution in [-0.4, -0.2) is 21.3 Å². The molecule has 2 aromatic rings. The normalized spacial score (nSPS) is 11.9. The van der Waals surface area contributed by atoms with E-state index >= 15 is 0 Å². The summed E-state index contributed by atoms with van der Waals surface area (Å²) in [6.45, 7) is 1.96. The summed E-state index contributed by atoms with van der Waals surface area (Å²) in [6, 6.07) is 13.7. The zero-order valence-corrected chi connectivity index (χ0v) is 13.0. The fourth-order valence-electron chi connectivity index (χ4n) is 2.50. The highest BCUT2D eigenvalue weighted by Crippen LogP contribution is 2.39. The third kappa shape index (κ3) is 2.95. The van der Waals surface area contributed by atoms with E-state index in [1.165, 1.54) is 0 Å². The van der Waals surface area contributed by atoms with Gasteiger partial charge in [-0.2, -0.15) is 0 Å². The molecule has 0 aliphatic heterocycles. The first-order valence-corrected chi connectivity index (χ1v) is 6.89. The Hall–Kier alpha value is -2.20. The average Bonchev–Trinajstić information content (AvgIpc) is 2.53. The molecular formula is C17H22N2O2. The molecule has 21 heavy (non-hydrogen) atoms. The van der Waals surface area contributed by atoms with E-state index in [2.05, 4.69) is 4.90 Å². The van der Waals surface area contributed by atoms with Gasteiger partial charge in [-0.3, -0.25) is 0 Å². The summed E-state index contributed by atoms with van der Waals surface area (Å²) < 4.78 is 10.9. The Labute approximate surface area is 126 Å². The number of benzene rings is 2. The molecule has 2 rings (SSSR count). The van der Waals surface area contributed by atoms with Gasteiger partial charge >= 0.3 is 0 Å². The molecule has 0 heterocycles. The monoisotopic (exact) mass is 286 g/mol. The highest BCUT2D eigenvalue weighted by atomic mass is 16.5. The van der Waals surface area contributed by atoms with Crippen LogP contribution in [0.3, 0.4) is 0 Å². The van der Waals surface area contributed by atoms with Crippen LogP contribution in [0, 0.1) is 0 Å². The summed E-state index contributed by atoms with van der Waals surface area (Å²) in [5.41, 5.74) is 9.11. The van der Waals surface area contributed by atoms with Crippen molar-refractivity contribution >= 4 is 11.4 Å². The van der Waals surface area contributed by atoms with Crippen molar-refractivity contribution in [2.24, 2.45) is 5.73 Å². The topological polar surface area (TPSA) is 47.7 Å². The Morgan fingerprint density at radius 2 is 1.48 bits per heavy atom. The van der Waals surface area contributed by atoms with Crippen molar-refractivity contribution in [2.45, 2.75) is 13.0 Å². The number of para-hydroxylation sites is 2. The lowest BCUT2D eigenvalue weighted by Gasteiger charge is -2.26. The molecule has 0 bridgehead atoms. The maximum atomic E-state index is 6.14. The fraction of sp³-hybridized carbons (Fsp3) is 0.294. The predicted octanol–water partition coefficient (Wildman–Crippen LogP) is 3.49. The average molecular weight is 286 g/mol. The molecule has 0 aliphatic carbocycles. The molecule has 2 N–H and O–H groups in total. The number of nitrogens with zero attached hydrogens (tertiary/aromatic N) is 1. The minimum absolute atomic E-state index is 0.131. The number of anilines is 2. The fourth-order valence-corrected chi connectivity index (χ4v) is 2.50. The van der Waals surface area contributed by atoms with Crippen molar-refractivity contribution in [1.82, 2.24) is 0 Å². The maximum absolute atomic E-state index is 6.14. The van der Waals surface area contributed by atoms with Gasteiger partial charge < -0.3 is 20.1 Å². The van der Waals surface area contributed by atoms with E-state index in [-0.39, 0.29) is 6.04 Å². The van der Waals surface area contributed by atoms with E-state index in [0.29, 0.717) is 0 Å². The summed E-state index contributed by atoms with van der Waals surface area (Å²) in [4.78, 5) is 2.07. The lowest BCUT2D eigenvalue weighted by molar-refractivity contribution is 0.407. The second-order valence-electron chi connectivity index (χ2n) is 4.91. The van der Waals surface area contributed by atoms with Crippen LogP contribution in [0.15, 0.2) is 42.5 Å². The van der Waals surface area contributed by atoms with Crippen LogP contribution in [0.4, 0.5) is 11.4 Å². The maximum Gasteiger partial charge on any atom is 0.142 e. The quantitative estimate of drug-likeness (QED) is 0.914. The van der Waals surface area contributed by atoms with Gasteiger partial charge in [-0.05, 0) is 31.2 Å². The minimum Gasteiger partial charge on any atom is -0.496 e. The van der Waals surface area contributed by atoms with Crippen LogP contribution in [0.5, 0.6) is 11.5 Å². The van der Waals surface area contributed by atoms with Crippen LogP contribution in [-0.2, 0) is 0 Å². The summed E-state index contributed by atoms with van der Waals surface area (Å²) in [6.07, 6.45) is 0. The molecule has 0 unspecified atom stereocenters. The first kappa shape index (κ1) is 15.2. The van der Waals surface area contributed by atoms with E-state index in [1.807, 2.05) is 56.4 Å². The van der Waals surface area contributed by atoms with Crippen LogP contribution in [0.25, 0.3) is 0 Å². The van der Waals surface area contributed by atoms with Gasteiger partial charge in [-0.25, -0.2) is 0 Å². The standard InChI is InChI=1S/C17H22N2O2/c1-12(18)17-14(9-7-11-16(17)21-4)19(2)13-8-5-6-10-15(13)20-3/h5-12H,18H2,1-4H3/t12-/m0/s1. The molecule has 0 saturated carbocycles. The minimum atomic E-state index is -0.131. The molecular weight excluding hydrogens is 264 g/mol. The lowest BCUT2D eigenvalue weighted by atomic mass is 10.0. The summed E-state index contributed by atoms with van der Waals surface area (Å²) >= 11 is 0. The Morgan fingerprint density at radius 3 is 2.10 bits per heavy atom. The van der Waals surface area contributed by atoms with Gasteiger partial charge in [0.05, 0.1) is 19.9 Å². The summed E-state index contributed by atoms with van der Waals surface area (Å²) in [5.74, 6) is 1.61. The lowest BCUT2D eigenvalue weighted by Crippen LogP contribution is -2.17. The number of hydrogen-bond donors (Lipinski definition) is 1. The molecule has 0 fully saturated rings. The molecule has 2 aromatic carbocycles. The SMILES string of the molecule is COc1ccccc1N(C)c1cccc(OC)c1[C@H](C)N. The van der Waals surface area contributed by atoms with Crippen LogP contribution >= 0.6 is 0 Å². The van der Waals surface area contributed by atoms with Gasteiger partial charge in [0.25, 0.3) is 0 Å². The first-order valence-electron chi connectivity index (χ1n) is 6.89. The molecule has 0 aromatic heterocycles. The predicted molar refractivity (Wildman–Crippen MR) is 86.7 cm³/mol. The summed E-state index contributed by atoms with van der Waals surface area (Å²) in [7, 11) is 5.33. The molecule has 0 spiro atoms. The molecule has 0 aliphatic rings. The number of nitrogens with two attached hydrogens (primary N) is 1. The van der Waals surface area contributed by atoms with E-state index < -0.39 is 0 Å². The van der Waals surface area contributed by atoms with Crippen molar-refractivity contribution in [1.29, 1.82) is 0 Å². The van der Waals surface area contributed by atoms with E-state index in [0.717, 1.165) is 28.4 Å². The zero-order chi connectivity index (χ0) is 15.4. The van der Waals surface area contributed by atoms with Gasteiger partial charge in [-0.15, -0.1) is 0 Å². The van der Waals surface area contributed by atoms with Crippen molar-refractivity contribution in [3.63, 3.8) is 0 Å². The van der Waals surface area contributed by atoms with Gasteiger partial charge in [0.15, 0.2) is 0 Å². The highest BCUT2D eigenvalue weighted by Gasteiger charge is 2.18. The number of hydrogen-bond acceptors (Lipinski definition) is 4. The van der Waals surface area contributed by atoms with Crippen molar-refractivity contribution < 1.29 is 9.47 Å². The zero-order valence-electron chi connectivity index (χ0n) is 13.0. The second-order valence-corrected chi connectivity index (χ2v) is 4.91. The largest absolute Gasteiger partial charge is 0.496 e. The Balaban J connectivity index is 2.55. The van der Waals surface area contributed by atoms with Crippen LogP contribution < -0.4 is 20.1 Å². The van der Waals surface area contributed by atoms with Crippen molar-refractivity contribution in [3.05, 3.63) is 48.0 Å². The van der Waals surface area contributed by atoms with Gasteiger partial charge in [0.1, 0.15) is 11.5 Å². The van der Waals surface area contributed by atoms with E-state index in [4.69, 9.17) is 15.2 Å². The van der Waals surface area contributed by atoms with Crippen LogP contribution in [0.1, 0.15) is 18.5 Å². The Kier molecular flexibility index (Phi) is 4.70. The smallest absolute Gasteiger partial charge is 0.142 e. The number of ether oxygens (including phenoxy) is 2. The van der Waals surface area contributed by atoms with E-state index in [9.17, 15) is 0 Å². The van der Waals surface area contributed by atoms with Crippen LogP contribution in [0.2, 0.25) is 0 Å². The molecule has 0 amide bonds. The molecule has 112 valence electrons. The first-order chi connectivity index (χ1) is 10.1. The molecule has 4 nitrogen and oxygen atoms in total. The number of rotatable bonds is 5. The Morgan fingerprint density at radius 1 is 0.905 bits per heavy atom.